The van der Waals surface area contributed by atoms with Gasteiger partial charge in [0.15, 0.2) is 0 Å². The first-order valence-electron chi connectivity index (χ1n) is 0. The van der Waals surface area contributed by atoms with Crippen molar-refractivity contribution in [2.45, 2.75) is 0 Å². The van der Waals surface area contributed by atoms with E-state index in [2.05, 4.69) is 0 Å². The topological polar surface area (TPSA) is 0 Å². The molecular formula is H28Sn13. The minimum atomic E-state index is 0. The summed E-state index contributed by atoms with van der Waals surface area (Å²) in [7, 11) is 0. The van der Waals surface area contributed by atoms with Crippen molar-refractivity contribution < 1.29 is 0 Å². The van der Waals surface area contributed by atoms with E-state index in [9.17, 15) is 0 Å². The van der Waals surface area contributed by atoms with Gasteiger partial charge < -0.3 is 0 Å². The van der Waals surface area contributed by atoms with Crippen LogP contribution >= 0.6 is 0 Å². The van der Waals surface area contributed by atoms with Crippen molar-refractivity contribution in [1.29, 1.82) is 0 Å². The van der Waals surface area contributed by atoms with Crippen LogP contribution in [-0.2, 0) is 0 Å². The van der Waals surface area contributed by atoms with Gasteiger partial charge in [0.1, 0.15) is 0 Å². The predicted octanol–water partition coefficient (Wildman–Crippen LogP) is -12.4. The molecule has 13 heteroatoms. The van der Waals surface area contributed by atoms with Crippen molar-refractivity contribution >= 4 is 311 Å². The van der Waals surface area contributed by atoms with E-state index < -0.39 is 0 Å². The van der Waals surface area contributed by atoms with Crippen LogP contribution in [0.25, 0.3) is 0 Å². The van der Waals surface area contributed by atoms with Crippen LogP contribution in [0.2, 0.25) is 0 Å². The van der Waals surface area contributed by atoms with E-state index in [0.717, 1.165) is 0 Å². The predicted molar refractivity (Wildman–Crippen MR) is 114 cm³/mol. The monoisotopic (exact) mass is 1590 g/mol. The maximum absolute atomic E-state index is 0. The summed E-state index contributed by atoms with van der Waals surface area (Å²) in [6.45, 7) is 0. The van der Waals surface area contributed by atoms with Crippen molar-refractivity contribution in [2.24, 2.45) is 0 Å². The van der Waals surface area contributed by atoms with E-state index in [1.54, 1.807) is 0 Å². The molecule has 0 N–H and O–H groups in total. The molecular weight excluding hydrogens is 1540 g/mol. The Morgan fingerprint density at radius 1 is 0.154 bits per heavy atom. The van der Waals surface area contributed by atoms with E-state index in [-0.39, 0.29) is 311 Å². The molecule has 0 spiro atoms. The molecule has 0 fully saturated rings. The molecule has 0 unspecified atom stereocenters. The van der Waals surface area contributed by atoms with E-state index in [1.165, 1.54) is 0 Å². The zero-order chi connectivity index (χ0) is 0. The zero-order valence-electron chi connectivity index (χ0n) is 9.78. The van der Waals surface area contributed by atoms with Crippen molar-refractivity contribution in [3.8, 4) is 0 Å². The third-order valence-electron chi connectivity index (χ3n) is 0. The summed E-state index contributed by atoms with van der Waals surface area (Å²) in [5.41, 5.74) is 0. The Hall–Kier alpha value is 10.4. The van der Waals surface area contributed by atoms with Gasteiger partial charge in [-0.1, -0.05) is 0 Å². The van der Waals surface area contributed by atoms with Gasteiger partial charge in [-0.15, -0.1) is 0 Å². The van der Waals surface area contributed by atoms with Gasteiger partial charge in [0.05, 0.1) is 0 Å². The van der Waals surface area contributed by atoms with E-state index >= 15 is 0 Å². The summed E-state index contributed by atoms with van der Waals surface area (Å²) in [5.74, 6) is 0. The second-order valence-corrected chi connectivity index (χ2v) is 0. The van der Waals surface area contributed by atoms with Gasteiger partial charge in [-0.25, -0.2) is 0 Å². The zero-order valence-corrected chi connectivity index (χ0v) is 65.6. The Balaban J connectivity index is 0. The molecule has 0 amide bonds. The second-order valence-electron chi connectivity index (χ2n) is 0. The molecule has 24 radical (unpaired) electrons. The van der Waals surface area contributed by atoms with Crippen LogP contribution in [0.4, 0.5) is 0 Å². The Bertz CT molecular complexity index is 0. The van der Waals surface area contributed by atoms with Gasteiger partial charge in [-0.3, -0.25) is 0 Å². The van der Waals surface area contributed by atoms with Crippen LogP contribution in [0.3, 0.4) is 0 Å². The molecule has 0 rings (SSSR count). The Labute approximate surface area is 301 Å². The van der Waals surface area contributed by atoms with Crippen molar-refractivity contribution in [1.82, 2.24) is 0 Å². The molecule has 0 aromatic heterocycles. The van der Waals surface area contributed by atoms with Gasteiger partial charge in [0.25, 0.3) is 0 Å². The summed E-state index contributed by atoms with van der Waals surface area (Å²) >= 11 is 0. The molecule has 0 aromatic rings. The van der Waals surface area contributed by atoms with Crippen LogP contribution in [0, 0.1) is 0 Å². The molecule has 0 saturated carbocycles. The second kappa shape index (κ2) is 94.9. The number of rotatable bonds is 0. The summed E-state index contributed by atoms with van der Waals surface area (Å²) < 4.78 is 0. The molecule has 0 aliphatic heterocycles. The van der Waals surface area contributed by atoms with E-state index in [1.807, 2.05) is 0 Å². The van der Waals surface area contributed by atoms with Crippen molar-refractivity contribution in [2.75, 3.05) is 0 Å². The van der Waals surface area contributed by atoms with Gasteiger partial charge in [-0.05, 0) is 0 Å². The minimum absolute atomic E-state index is 0. The standard InChI is InChI=1S/13Sn.28H. The summed E-state index contributed by atoms with van der Waals surface area (Å²) in [5, 5.41) is 0. The van der Waals surface area contributed by atoms with Gasteiger partial charge >= 0.3 is 311 Å². The van der Waals surface area contributed by atoms with E-state index in [4.69, 9.17) is 0 Å². The molecule has 0 aliphatic carbocycles. The summed E-state index contributed by atoms with van der Waals surface area (Å²) in [6.07, 6.45) is 0. The van der Waals surface area contributed by atoms with Crippen molar-refractivity contribution in [3.05, 3.63) is 0 Å². The average Bonchev–Trinajstić information content (AvgIpc) is 0. The van der Waals surface area contributed by atoms with Crippen LogP contribution in [-0.4, -0.2) is 311 Å². The number of hydrogen-bond acceptors (Lipinski definition) is 0. The molecule has 0 atom stereocenters. The van der Waals surface area contributed by atoms with Gasteiger partial charge in [-0.2, -0.15) is 0 Å². The Morgan fingerprint density at radius 3 is 0.154 bits per heavy atom. The molecule has 0 aliphatic rings. The third kappa shape index (κ3) is 86.3. The molecule has 0 nitrogen and oxygen atoms in total. The Kier molecular flexibility index (Phi) is 794. The molecule has 80 valence electrons. The normalized spacial score (nSPS) is 0. The van der Waals surface area contributed by atoms with Crippen LogP contribution in [0.1, 0.15) is 0 Å². The van der Waals surface area contributed by atoms with Crippen LogP contribution < -0.4 is 0 Å². The fraction of sp³-hybridized carbons (Fsp3) is 0. The fourth-order valence-corrected chi connectivity index (χ4v) is 0. The quantitative estimate of drug-likeness (QED) is 0.212. The number of hydrogen-bond donors (Lipinski definition) is 0. The van der Waals surface area contributed by atoms with Crippen LogP contribution in [0.5, 0.6) is 0 Å². The van der Waals surface area contributed by atoms with Gasteiger partial charge in [0, 0.05) is 0 Å². The van der Waals surface area contributed by atoms with E-state index in [0.29, 0.717) is 0 Å². The summed E-state index contributed by atoms with van der Waals surface area (Å²) in [4.78, 5) is 0. The van der Waals surface area contributed by atoms with Crippen molar-refractivity contribution in [3.63, 3.8) is 0 Å². The van der Waals surface area contributed by atoms with Gasteiger partial charge in [0.2, 0.25) is 0 Å². The average molecular weight is 1570 g/mol. The first kappa shape index (κ1) is 109. The molecule has 0 heterocycles. The molecule has 0 saturated heterocycles. The molecule has 0 bridgehead atoms. The molecule has 13 heavy (non-hydrogen) atoms. The third-order valence-corrected chi connectivity index (χ3v) is 0. The SMILES string of the molecule is [SnH2].[SnH2].[SnH2].[SnH2].[SnH2].[SnH2].[SnH2].[SnH2].[SnH2].[SnH2].[SnH2].[SnH3].[SnH3]. The summed E-state index contributed by atoms with van der Waals surface area (Å²) in [6, 6.07) is 0. The fourth-order valence-electron chi connectivity index (χ4n) is 0. The Morgan fingerprint density at radius 2 is 0.154 bits per heavy atom. The van der Waals surface area contributed by atoms with Crippen LogP contribution in [0.15, 0.2) is 0 Å². The first-order chi connectivity index (χ1) is 0. The molecule has 0 aromatic carbocycles. The maximum atomic E-state index is 0. The first-order valence-corrected chi connectivity index (χ1v) is 0.